The molecule has 2 nitrogen and oxygen atoms in total. The molecule has 0 N–H and O–H groups in total. The minimum Gasteiger partial charge on any atom is -0.365 e. The van der Waals surface area contributed by atoms with Crippen LogP contribution in [0.15, 0.2) is 72.8 Å². The molecule has 154 valence electrons. The highest BCUT2D eigenvalue weighted by Crippen LogP contribution is 2.35. The topological polar surface area (TPSA) is 6.48 Å². The molecule has 0 saturated carbocycles. The summed E-state index contributed by atoms with van der Waals surface area (Å²) in [6, 6.07) is 4.08. The molecule has 0 bridgehead atoms. The van der Waals surface area contributed by atoms with Crippen molar-refractivity contribution in [2.45, 2.75) is 45.6 Å². The van der Waals surface area contributed by atoms with Gasteiger partial charge in [0.05, 0.1) is 11.4 Å². The van der Waals surface area contributed by atoms with Crippen LogP contribution < -0.4 is 0 Å². The van der Waals surface area contributed by atoms with Gasteiger partial charge in [0.1, 0.15) is 11.6 Å². The van der Waals surface area contributed by atoms with Crippen LogP contribution in [0.1, 0.15) is 45.1 Å². The Bertz CT molecular complexity index is 879. The van der Waals surface area contributed by atoms with E-state index in [2.05, 4.69) is 36.0 Å². The van der Waals surface area contributed by atoms with Crippen LogP contribution >= 0.6 is 0 Å². The molecule has 0 aliphatic carbocycles. The van der Waals surface area contributed by atoms with E-state index in [-0.39, 0.29) is 0 Å². The molecule has 1 aromatic carbocycles. The minimum atomic E-state index is -0.590. The molecule has 0 amide bonds. The standard InChI is InChI=1S/C25H30F2N2/c1-5-9-24-25(10-6-2)29-14-8-7-11-21(29)17-28(24)16-18(3)19(4)22-13-12-20(26)15-23(22)27/h5,9-10,12-13,15-16,21H,1,4,6-8,11,14,17H2,2-3H3/b18-16+,24-9?,25-10+. The van der Waals surface area contributed by atoms with Crippen molar-refractivity contribution in [3.63, 3.8) is 0 Å². The van der Waals surface area contributed by atoms with E-state index in [9.17, 15) is 8.78 Å². The van der Waals surface area contributed by atoms with E-state index in [1.165, 1.54) is 37.1 Å². The van der Waals surface area contributed by atoms with Crippen LogP contribution in [0, 0.1) is 11.6 Å². The number of allylic oxidation sites excluding steroid dienone is 5. The molecule has 1 unspecified atom stereocenters. The average molecular weight is 397 g/mol. The number of nitrogens with zero attached hydrogens (tertiary/aromatic N) is 2. The summed E-state index contributed by atoms with van der Waals surface area (Å²) in [5, 5.41) is 0. The van der Waals surface area contributed by atoms with Crippen LogP contribution in [0.3, 0.4) is 0 Å². The van der Waals surface area contributed by atoms with Crippen LogP contribution in [0.4, 0.5) is 8.78 Å². The fourth-order valence-electron chi connectivity index (χ4n) is 4.22. The largest absolute Gasteiger partial charge is 0.365 e. The van der Waals surface area contributed by atoms with E-state index in [1.54, 1.807) is 0 Å². The van der Waals surface area contributed by atoms with E-state index < -0.39 is 11.6 Å². The Labute approximate surface area is 173 Å². The van der Waals surface area contributed by atoms with Crippen molar-refractivity contribution in [3.05, 3.63) is 90.0 Å². The highest BCUT2D eigenvalue weighted by atomic mass is 19.1. The minimum absolute atomic E-state index is 0.329. The van der Waals surface area contributed by atoms with Gasteiger partial charge in [-0.15, -0.1) is 0 Å². The zero-order valence-electron chi connectivity index (χ0n) is 17.4. The molecule has 0 aromatic heterocycles. The van der Waals surface area contributed by atoms with E-state index >= 15 is 0 Å². The molecule has 1 aromatic rings. The molecule has 2 fully saturated rings. The maximum Gasteiger partial charge on any atom is 0.133 e. The number of piperazine rings is 1. The fourth-order valence-corrected chi connectivity index (χ4v) is 4.22. The Morgan fingerprint density at radius 2 is 2.03 bits per heavy atom. The zero-order valence-corrected chi connectivity index (χ0v) is 17.4. The first-order valence-corrected chi connectivity index (χ1v) is 10.4. The van der Waals surface area contributed by atoms with Gasteiger partial charge in [0.25, 0.3) is 0 Å². The number of piperidine rings is 1. The van der Waals surface area contributed by atoms with Gasteiger partial charge >= 0.3 is 0 Å². The molecule has 29 heavy (non-hydrogen) atoms. The predicted molar refractivity (Wildman–Crippen MR) is 117 cm³/mol. The highest BCUT2D eigenvalue weighted by molar-refractivity contribution is 5.76. The third kappa shape index (κ3) is 4.52. The second kappa shape index (κ2) is 9.25. The summed E-state index contributed by atoms with van der Waals surface area (Å²) < 4.78 is 27.5. The molecule has 1 atom stereocenters. The summed E-state index contributed by atoms with van der Waals surface area (Å²) in [7, 11) is 0. The van der Waals surface area contributed by atoms with Crippen molar-refractivity contribution in [3.8, 4) is 0 Å². The molecular formula is C25H30F2N2. The molecular weight excluding hydrogens is 366 g/mol. The monoisotopic (exact) mass is 396 g/mol. The number of fused-ring (bicyclic) bond motifs is 1. The summed E-state index contributed by atoms with van der Waals surface area (Å²) in [6.07, 6.45) is 12.7. The van der Waals surface area contributed by atoms with Gasteiger partial charge in [-0.2, -0.15) is 0 Å². The third-order valence-electron chi connectivity index (χ3n) is 5.67. The third-order valence-corrected chi connectivity index (χ3v) is 5.67. The van der Waals surface area contributed by atoms with Crippen molar-refractivity contribution in [1.29, 1.82) is 0 Å². The van der Waals surface area contributed by atoms with Gasteiger partial charge in [0, 0.05) is 37.0 Å². The van der Waals surface area contributed by atoms with E-state index in [1.807, 2.05) is 25.3 Å². The first-order chi connectivity index (χ1) is 14.0. The number of rotatable bonds is 5. The van der Waals surface area contributed by atoms with Gasteiger partial charge < -0.3 is 9.80 Å². The number of benzene rings is 1. The maximum absolute atomic E-state index is 14.2. The molecule has 2 saturated heterocycles. The van der Waals surface area contributed by atoms with Gasteiger partial charge in [0.2, 0.25) is 0 Å². The molecule has 0 spiro atoms. The van der Waals surface area contributed by atoms with Gasteiger partial charge in [-0.1, -0.05) is 32.2 Å². The average Bonchev–Trinajstić information content (AvgIpc) is 2.70. The van der Waals surface area contributed by atoms with Gasteiger partial charge in [-0.25, -0.2) is 8.78 Å². The normalized spacial score (nSPS) is 22.8. The Kier molecular flexibility index (Phi) is 6.73. The van der Waals surface area contributed by atoms with E-state index in [4.69, 9.17) is 0 Å². The zero-order chi connectivity index (χ0) is 21.0. The van der Waals surface area contributed by atoms with Crippen molar-refractivity contribution in [2.24, 2.45) is 0 Å². The maximum atomic E-state index is 14.2. The molecule has 4 heteroatoms. The first kappa shape index (κ1) is 21.1. The van der Waals surface area contributed by atoms with Crippen molar-refractivity contribution < 1.29 is 8.78 Å². The second-order valence-electron chi connectivity index (χ2n) is 7.70. The lowest BCUT2D eigenvalue weighted by molar-refractivity contribution is 0.135. The Hall–Kier alpha value is -2.62. The Morgan fingerprint density at radius 3 is 2.72 bits per heavy atom. The summed E-state index contributed by atoms with van der Waals surface area (Å²) in [5.74, 6) is -1.17. The van der Waals surface area contributed by atoms with Crippen LogP contribution in [-0.4, -0.2) is 28.9 Å². The lowest BCUT2D eigenvalue weighted by atomic mass is 9.95. The Balaban J connectivity index is 1.96. The number of hydrogen-bond donors (Lipinski definition) is 0. The lowest BCUT2D eigenvalue weighted by Crippen LogP contribution is -2.50. The van der Waals surface area contributed by atoms with Crippen LogP contribution in [-0.2, 0) is 0 Å². The smallest absolute Gasteiger partial charge is 0.133 e. The first-order valence-electron chi connectivity index (χ1n) is 10.4. The fraction of sp³-hybridized carbons (Fsp3) is 0.360. The quantitative estimate of drug-likeness (QED) is 0.530. The highest BCUT2D eigenvalue weighted by Gasteiger charge is 2.33. The summed E-state index contributed by atoms with van der Waals surface area (Å²) in [4.78, 5) is 4.76. The SMILES string of the molecule is C=CC=C1/C(=C\CC)N2CCCCC2CN1/C=C(\C)C(=C)c1ccc(F)cc1F. The van der Waals surface area contributed by atoms with Gasteiger partial charge in [0.15, 0.2) is 0 Å². The van der Waals surface area contributed by atoms with Crippen molar-refractivity contribution in [1.82, 2.24) is 9.80 Å². The number of hydrogen-bond acceptors (Lipinski definition) is 2. The van der Waals surface area contributed by atoms with Crippen LogP contribution in [0.5, 0.6) is 0 Å². The summed E-state index contributed by atoms with van der Waals surface area (Å²) >= 11 is 0. The molecule has 2 aliphatic heterocycles. The van der Waals surface area contributed by atoms with Crippen LogP contribution in [0.25, 0.3) is 5.57 Å². The van der Waals surface area contributed by atoms with E-state index in [0.29, 0.717) is 17.2 Å². The summed E-state index contributed by atoms with van der Waals surface area (Å²) in [6.45, 7) is 14.0. The van der Waals surface area contributed by atoms with Gasteiger partial charge in [-0.3, -0.25) is 0 Å². The molecule has 3 rings (SSSR count). The van der Waals surface area contributed by atoms with Crippen molar-refractivity contribution >= 4 is 5.57 Å². The van der Waals surface area contributed by atoms with Gasteiger partial charge in [-0.05, 0) is 62.0 Å². The summed E-state index contributed by atoms with van der Waals surface area (Å²) in [5.41, 5.74) is 4.09. The molecule has 2 aliphatic rings. The molecule has 2 heterocycles. The second-order valence-corrected chi connectivity index (χ2v) is 7.70. The molecule has 0 radical (unpaired) electrons. The lowest BCUT2D eigenvalue weighted by Gasteiger charge is -2.48. The number of halogens is 2. The van der Waals surface area contributed by atoms with E-state index in [0.717, 1.165) is 36.8 Å². The predicted octanol–water partition coefficient (Wildman–Crippen LogP) is 6.42. The Morgan fingerprint density at radius 1 is 1.24 bits per heavy atom. The van der Waals surface area contributed by atoms with Crippen molar-refractivity contribution in [2.75, 3.05) is 13.1 Å². The van der Waals surface area contributed by atoms with Crippen LogP contribution in [0.2, 0.25) is 0 Å².